The molecule has 0 aliphatic rings. The van der Waals surface area contributed by atoms with E-state index >= 15 is 0 Å². The zero-order valence-corrected chi connectivity index (χ0v) is 35.4. The minimum Gasteiger partial charge on any atom is -0.523 e. The van der Waals surface area contributed by atoms with E-state index in [0.717, 1.165) is 11.1 Å². The summed E-state index contributed by atoms with van der Waals surface area (Å²) in [6.07, 6.45) is 0. The number of hydrogen-bond donors (Lipinski definition) is 0. The van der Waals surface area contributed by atoms with Crippen molar-refractivity contribution in [1.29, 1.82) is 0 Å². The SMILES string of the molecule is COc1[c-]cc(Oc2ccc(C(=O)c3ccc(C)cc3)cc2OCOc2cc(C(=O)c3ccc(C)cc3)ccc2Oc2c[c-]c(OC)cc2)cc1.[Y].[Y]. The number of carbonyl (C=O) groups excluding carboxylic acids is 2. The standard InChI is InChI=1S/C43H34O8.2Y/c1-28-5-9-30(10-6-28)42(44)32-13-23-38(50-36-19-15-34(46-3)16-20-36)40(25-32)48-27-49-41-26-33(43(45)31-11-7-29(2)8-12-31)14-24-39(41)51-37-21-17-35(47-4)18-22-37;;/h5-15,17,19-26H,27H2,1-4H3;;/q-2;;. The van der Waals surface area contributed by atoms with Crippen LogP contribution in [-0.4, -0.2) is 32.6 Å². The van der Waals surface area contributed by atoms with Crippen LogP contribution in [0.1, 0.15) is 43.0 Å². The van der Waals surface area contributed by atoms with Crippen LogP contribution in [-0.2, 0) is 65.4 Å². The smallest absolute Gasteiger partial charge is 0.231 e. The minimum atomic E-state index is -0.319. The molecule has 0 saturated heterocycles. The molecule has 262 valence electrons. The van der Waals surface area contributed by atoms with Crippen LogP contribution in [0, 0.1) is 26.0 Å². The van der Waals surface area contributed by atoms with E-state index in [1.807, 2.05) is 38.1 Å². The van der Waals surface area contributed by atoms with Crippen LogP contribution in [0.15, 0.2) is 121 Å². The third-order valence-corrected chi connectivity index (χ3v) is 7.87. The molecule has 8 nitrogen and oxygen atoms in total. The Labute approximate surface area is 359 Å². The van der Waals surface area contributed by atoms with E-state index in [0.29, 0.717) is 56.8 Å². The van der Waals surface area contributed by atoms with Gasteiger partial charge in [-0.1, -0.05) is 59.7 Å². The fourth-order valence-corrected chi connectivity index (χ4v) is 5.02. The average Bonchev–Trinajstić information content (AvgIpc) is 3.16. The Morgan fingerprint density at radius 3 is 1.21 bits per heavy atom. The summed E-state index contributed by atoms with van der Waals surface area (Å²) in [6, 6.07) is 40.8. The Hall–Kier alpha value is -4.33. The number of hydrogen-bond acceptors (Lipinski definition) is 8. The first-order valence-electron chi connectivity index (χ1n) is 16.0. The molecule has 6 aromatic carbocycles. The molecule has 6 aromatic rings. The Bertz CT molecular complexity index is 1980. The maximum absolute atomic E-state index is 13.4. The number of carbonyl (C=O) groups is 2. The van der Waals surface area contributed by atoms with Crippen molar-refractivity contribution in [3.05, 3.63) is 167 Å². The van der Waals surface area contributed by atoms with Gasteiger partial charge in [0, 0.05) is 111 Å². The first-order valence-corrected chi connectivity index (χ1v) is 16.0. The van der Waals surface area contributed by atoms with Crippen molar-refractivity contribution in [3.8, 4) is 46.0 Å². The fourth-order valence-electron chi connectivity index (χ4n) is 5.02. The van der Waals surface area contributed by atoms with Crippen molar-refractivity contribution in [1.82, 2.24) is 0 Å². The van der Waals surface area contributed by atoms with Crippen molar-refractivity contribution in [2.45, 2.75) is 13.8 Å². The number of ketones is 2. The first kappa shape index (κ1) is 41.4. The van der Waals surface area contributed by atoms with E-state index in [1.165, 1.54) is 0 Å². The number of aryl methyl sites for hydroxylation is 2. The van der Waals surface area contributed by atoms with Crippen molar-refractivity contribution in [3.63, 3.8) is 0 Å². The summed E-state index contributed by atoms with van der Waals surface area (Å²) in [4.78, 5) is 26.9. The molecule has 0 heterocycles. The predicted molar refractivity (Wildman–Crippen MR) is 192 cm³/mol. The van der Waals surface area contributed by atoms with Crippen LogP contribution in [0.2, 0.25) is 0 Å². The van der Waals surface area contributed by atoms with E-state index in [9.17, 15) is 9.59 Å². The van der Waals surface area contributed by atoms with Gasteiger partial charge in [-0.05, 0) is 50.2 Å². The summed E-state index contributed by atoms with van der Waals surface area (Å²) >= 11 is 0. The molecule has 0 atom stereocenters. The Balaban J connectivity index is 0.00000314. The zero-order valence-electron chi connectivity index (χ0n) is 29.7. The van der Waals surface area contributed by atoms with Gasteiger partial charge in [-0.2, -0.15) is 0 Å². The van der Waals surface area contributed by atoms with Crippen molar-refractivity contribution < 1.29 is 103 Å². The average molecular weight is 857 g/mol. The molecule has 0 unspecified atom stereocenters. The molecule has 0 spiro atoms. The van der Waals surface area contributed by atoms with Gasteiger partial charge in [-0.3, -0.25) is 9.59 Å². The van der Waals surface area contributed by atoms with Crippen LogP contribution < -0.4 is 28.4 Å². The molecule has 53 heavy (non-hydrogen) atoms. The molecule has 6 rings (SSSR count). The third-order valence-electron chi connectivity index (χ3n) is 7.87. The van der Waals surface area contributed by atoms with Gasteiger partial charge in [0.15, 0.2) is 34.6 Å². The molecule has 0 amide bonds. The maximum Gasteiger partial charge on any atom is 0.231 e. The topological polar surface area (TPSA) is 89.5 Å². The van der Waals surface area contributed by atoms with Gasteiger partial charge < -0.3 is 28.4 Å². The van der Waals surface area contributed by atoms with Gasteiger partial charge in [0.2, 0.25) is 6.79 Å². The molecule has 0 aromatic heterocycles. The molecule has 0 saturated carbocycles. The van der Waals surface area contributed by atoms with Gasteiger partial charge >= 0.3 is 0 Å². The second-order valence-corrected chi connectivity index (χ2v) is 11.5. The predicted octanol–water partition coefficient (Wildman–Crippen LogP) is 9.38. The van der Waals surface area contributed by atoms with Crippen LogP contribution in [0.5, 0.6) is 46.0 Å². The number of benzene rings is 6. The van der Waals surface area contributed by atoms with E-state index in [-0.39, 0.29) is 95.3 Å². The molecule has 2 radical (unpaired) electrons. The third kappa shape index (κ3) is 10.9. The minimum absolute atomic E-state index is 0. The fraction of sp³-hybridized carbons (Fsp3) is 0.116. The quantitative estimate of drug-likeness (QED) is 0.0609. The number of rotatable bonds is 14. The van der Waals surface area contributed by atoms with E-state index in [2.05, 4.69) is 12.1 Å². The van der Waals surface area contributed by atoms with Gasteiger partial charge in [0.1, 0.15) is 0 Å². The van der Waals surface area contributed by atoms with Gasteiger partial charge in [-0.15, -0.1) is 48.5 Å². The summed E-state index contributed by atoms with van der Waals surface area (Å²) in [5.41, 5.74) is 3.96. The second kappa shape index (κ2) is 19.7. The molecule has 0 fully saturated rings. The van der Waals surface area contributed by atoms with Crippen LogP contribution in [0.3, 0.4) is 0 Å². The van der Waals surface area contributed by atoms with Crippen LogP contribution in [0.4, 0.5) is 0 Å². The summed E-state index contributed by atoms with van der Waals surface area (Å²) in [7, 11) is 3.12. The van der Waals surface area contributed by atoms with Gasteiger partial charge in [0.25, 0.3) is 0 Å². The van der Waals surface area contributed by atoms with Crippen molar-refractivity contribution >= 4 is 11.6 Å². The van der Waals surface area contributed by atoms with Crippen LogP contribution in [0.25, 0.3) is 0 Å². The molecule has 0 bridgehead atoms. The summed E-state index contributed by atoms with van der Waals surface area (Å²) in [6.45, 7) is 3.60. The molecule has 10 heteroatoms. The molecular formula is C43H34O8Y2-2. The number of ether oxygens (including phenoxy) is 6. The molecule has 0 aliphatic heterocycles. The summed E-state index contributed by atoms with van der Waals surface area (Å²) in [5, 5.41) is 0. The van der Waals surface area contributed by atoms with Crippen molar-refractivity contribution in [2.75, 3.05) is 21.0 Å². The van der Waals surface area contributed by atoms with Gasteiger partial charge in [-0.25, -0.2) is 0 Å². The Morgan fingerprint density at radius 1 is 0.491 bits per heavy atom. The van der Waals surface area contributed by atoms with Crippen LogP contribution >= 0.6 is 0 Å². The van der Waals surface area contributed by atoms with E-state index in [4.69, 9.17) is 28.4 Å². The van der Waals surface area contributed by atoms with Crippen molar-refractivity contribution in [2.24, 2.45) is 0 Å². The van der Waals surface area contributed by atoms with E-state index in [1.54, 1.807) is 111 Å². The monoisotopic (exact) mass is 856 g/mol. The summed E-state index contributed by atoms with van der Waals surface area (Å²) in [5.74, 6) is 2.89. The largest absolute Gasteiger partial charge is 0.523 e. The zero-order chi connectivity index (χ0) is 35.7. The maximum atomic E-state index is 13.4. The number of methoxy groups -OCH3 is 2. The second-order valence-electron chi connectivity index (χ2n) is 11.5. The molecular weight excluding hydrogens is 822 g/mol. The van der Waals surface area contributed by atoms with Gasteiger partial charge in [0.05, 0.1) is 14.2 Å². The Morgan fingerprint density at radius 2 is 0.868 bits per heavy atom. The molecule has 0 N–H and O–H groups in total. The summed E-state index contributed by atoms with van der Waals surface area (Å²) < 4.78 is 35.0. The normalized spacial score (nSPS) is 10.2. The molecule has 0 aliphatic carbocycles. The first-order chi connectivity index (χ1) is 24.8. The van der Waals surface area contributed by atoms with E-state index < -0.39 is 0 Å². The Kier molecular flexibility index (Phi) is 15.4.